The van der Waals surface area contributed by atoms with Gasteiger partial charge in [-0.2, -0.15) is 0 Å². The van der Waals surface area contributed by atoms with E-state index in [1.807, 2.05) is 19.1 Å². The smallest absolute Gasteiger partial charge is 0.309 e. The molecule has 0 aromatic rings. The van der Waals surface area contributed by atoms with Crippen molar-refractivity contribution in [2.75, 3.05) is 6.61 Å². The van der Waals surface area contributed by atoms with Crippen LogP contribution in [0.1, 0.15) is 33.6 Å². The molecule has 3 unspecified atom stereocenters. The van der Waals surface area contributed by atoms with Crippen LogP contribution in [0.15, 0.2) is 12.2 Å². The number of esters is 2. The van der Waals surface area contributed by atoms with Crippen molar-refractivity contribution in [3.63, 3.8) is 0 Å². The van der Waals surface area contributed by atoms with Crippen molar-refractivity contribution in [1.29, 1.82) is 0 Å². The summed E-state index contributed by atoms with van der Waals surface area (Å²) >= 11 is 0. The zero-order valence-corrected chi connectivity index (χ0v) is 12.8. The Hall–Kier alpha value is -1.36. The van der Waals surface area contributed by atoms with Gasteiger partial charge < -0.3 is 14.6 Å². The summed E-state index contributed by atoms with van der Waals surface area (Å²) < 4.78 is 10.4. The van der Waals surface area contributed by atoms with E-state index < -0.39 is 6.10 Å². The van der Waals surface area contributed by atoms with Gasteiger partial charge in [0.1, 0.15) is 6.10 Å². The molecule has 2 aliphatic carbocycles. The van der Waals surface area contributed by atoms with Gasteiger partial charge in [-0.15, -0.1) is 0 Å². The van der Waals surface area contributed by atoms with Gasteiger partial charge in [0.15, 0.2) is 0 Å². The highest BCUT2D eigenvalue weighted by Gasteiger charge is 2.47. The second-order valence-corrected chi connectivity index (χ2v) is 6.03. The Balaban J connectivity index is 2.17. The maximum atomic E-state index is 12.2. The molecule has 2 rings (SSSR count). The highest BCUT2D eigenvalue weighted by atomic mass is 16.5. The average molecular weight is 296 g/mol. The van der Waals surface area contributed by atoms with E-state index in [0.717, 1.165) is 0 Å². The highest BCUT2D eigenvalue weighted by molar-refractivity contribution is 5.74. The SMILES string of the molecule is CCOC(=O)[C@@H]1C2C(O)C[C@H](OC(C)=O)CC2C=C[C@@H]1C. The molecule has 1 saturated carbocycles. The molecule has 0 aromatic carbocycles. The summed E-state index contributed by atoms with van der Waals surface area (Å²) in [7, 11) is 0. The quantitative estimate of drug-likeness (QED) is 0.634. The fourth-order valence-electron chi connectivity index (χ4n) is 3.71. The van der Waals surface area contributed by atoms with Gasteiger partial charge in [0.05, 0.1) is 18.6 Å². The normalized spacial score (nSPS) is 38.5. The Kier molecular flexibility index (Phi) is 5.04. The van der Waals surface area contributed by atoms with Crippen LogP contribution in [0.3, 0.4) is 0 Å². The molecule has 0 saturated heterocycles. The van der Waals surface area contributed by atoms with Crippen LogP contribution in [0.4, 0.5) is 0 Å². The molecular weight excluding hydrogens is 272 g/mol. The van der Waals surface area contributed by atoms with Crippen LogP contribution in [0, 0.1) is 23.7 Å². The number of aliphatic hydroxyl groups excluding tert-OH is 1. The van der Waals surface area contributed by atoms with Gasteiger partial charge in [-0.3, -0.25) is 9.59 Å². The summed E-state index contributed by atoms with van der Waals surface area (Å²) in [4.78, 5) is 23.3. The first kappa shape index (κ1) is 16.0. The first-order chi connectivity index (χ1) is 9.93. The van der Waals surface area contributed by atoms with Crippen LogP contribution in [-0.2, 0) is 19.1 Å². The number of carbonyl (C=O) groups excluding carboxylic acids is 2. The average Bonchev–Trinajstić information content (AvgIpc) is 2.38. The maximum Gasteiger partial charge on any atom is 0.309 e. The van der Waals surface area contributed by atoms with E-state index in [1.54, 1.807) is 6.92 Å². The van der Waals surface area contributed by atoms with Crippen molar-refractivity contribution in [1.82, 2.24) is 0 Å². The topological polar surface area (TPSA) is 72.8 Å². The number of allylic oxidation sites excluding steroid dienone is 2. The number of carbonyl (C=O) groups is 2. The molecule has 6 atom stereocenters. The zero-order chi connectivity index (χ0) is 15.6. The van der Waals surface area contributed by atoms with Gasteiger partial charge in [-0.1, -0.05) is 19.1 Å². The van der Waals surface area contributed by atoms with Crippen LogP contribution in [0.5, 0.6) is 0 Å². The molecule has 5 nitrogen and oxygen atoms in total. The minimum atomic E-state index is -0.657. The molecule has 0 heterocycles. The fourth-order valence-corrected chi connectivity index (χ4v) is 3.71. The predicted octanol–water partition coefficient (Wildman–Crippen LogP) is 1.69. The molecule has 0 amide bonds. The van der Waals surface area contributed by atoms with Gasteiger partial charge >= 0.3 is 11.9 Å². The van der Waals surface area contributed by atoms with Crippen LogP contribution in [0.25, 0.3) is 0 Å². The van der Waals surface area contributed by atoms with Crippen molar-refractivity contribution in [3.05, 3.63) is 12.2 Å². The molecule has 2 aliphatic rings. The van der Waals surface area contributed by atoms with Crippen molar-refractivity contribution in [2.24, 2.45) is 23.7 Å². The minimum Gasteiger partial charge on any atom is -0.466 e. The zero-order valence-electron chi connectivity index (χ0n) is 12.8. The molecule has 0 spiro atoms. The largest absolute Gasteiger partial charge is 0.466 e. The Morgan fingerprint density at radius 1 is 1.29 bits per heavy atom. The lowest BCUT2D eigenvalue weighted by molar-refractivity contribution is -0.164. The van der Waals surface area contributed by atoms with Crippen LogP contribution in [0.2, 0.25) is 0 Å². The van der Waals surface area contributed by atoms with Gasteiger partial charge in [-0.25, -0.2) is 0 Å². The Morgan fingerprint density at radius 2 is 2.00 bits per heavy atom. The highest BCUT2D eigenvalue weighted by Crippen LogP contribution is 2.44. The van der Waals surface area contributed by atoms with Crippen molar-refractivity contribution >= 4 is 11.9 Å². The minimum absolute atomic E-state index is 0.0451. The van der Waals surface area contributed by atoms with Gasteiger partial charge in [0.25, 0.3) is 0 Å². The van der Waals surface area contributed by atoms with E-state index in [4.69, 9.17) is 9.47 Å². The van der Waals surface area contributed by atoms with Gasteiger partial charge in [0.2, 0.25) is 0 Å². The molecule has 1 fully saturated rings. The molecule has 0 aromatic heterocycles. The van der Waals surface area contributed by atoms with E-state index in [2.05, 4.69) is 0 Å². The first-order valence-corrected chi connectivity index (χ1v) is 7.64. The van der Waals surface area contributed by atoms with Gasteiger partial charge in [-0.05, 0) is 25.2 Å². The number of aliphatic hydroxyl groups is 1. The molecule has 118 valence electrons. The number of hydrogen-bond acceptors (Lipinski definition) is 5. The summed E-state index contributed by atoms with van der Waals surface area (Å²) in [5.74, 6) is -0.965. The number of fused-ring (bicyclic) bond motifs is 1. The summed E-state index contributed by atoms with van der Waals surface area (Å²) in [5.41, 5.74) is 0. The maximum absolute atomic E-state index is 12.2. The summed E-state index contributed by atoms with van der Waals surface area (Å²) in [6.07, 6.45) is 4.15. The van der Waals surface area contributed by atoms with E-state index in [-0.39, 0.29) is 41.7 Å². The number of ether oxygens (including phenoxy) is 2. The van der Waals surface area contributed by atoms with Gasteiger partial charge in [0, 0.05) is 19.3 Å². The third kappa shape index (κ3) is 3.46. The molecule has 0 aliphatic heterocycles. The van der Waals surface area contributed by atoms with Crippen molar-refractivity contribution in [3.8, 4) is 0 Å². The first-order valence-electron chi connectivity index (χ1n) is 7.64. The Morgan fingerprint density at radius 3 is 2.62 bits per heavy atom. The molecular formula is C16H24O5. The van der Waals surface area contributed by atoms with Crippen LogP contribution in [-0.4, -0.2) is 35.9 Å². The van der Waals surface area contributed by atoms with Crippen LogP contribution < -0.4 is 0 Å². The third-order valence-electron chi connectivity index (χ3n) is 4.51. The molecule has 0 bridgehead atoms. The number of rotatable bonds is 3. The monoisotopic (exact) mass is 296 g/mol. The molecule has 5 heteroatoms. The second kappa shape index (κ2) is 6.60. The van der Waals surface area contributed by atoms with Crippen LogP contribution >= 0.6 is 0 Å². The van der Waals surface area contributed by atoms with E-state index in [9.17, 15) is 14.7 Å². The van der Waals surface area contributed by atoms with Crippen molar-refractivity contribution < 1.29 is 24.2 Å². The summed E-state index contributed by atoms with van der Waals surface area (Å²) in [6.45, 7) is 5.47. The molecule has 0 radical (unpaired) electrons. The summed E-state index contributed by atoms with van der Waals surface area (Å²) in [6, 6.07) is 0. The van der Waals surface area contributed by atoms with E-state index in [0.29, 0.717) is 19.4 Å². The fraction of sp³-hybridized carbons (Fsp3) is 0.750. The molecule has 1 N–H and O–H groups in total. The Bertz CT molecular complexity index is 430. The van der Waals surface area contributed by atoms with E-state index >= 15 is 0 Å². The number of hydrogen-bond donors (Lipinski definition) is 1. The summed E-state index contributed by atoms with van der Waals surface area (Å²) in [5, 5.41) is 10.5. The molecule has 21 heavy (non-hydrogen) atoms. The Labute approximate surface area is 125 Å². The lowest BCUT2D eigenvalue weighted by Gasteiger charge is -2.44. The van der Waals surface area contributed by atoms with E-state index in [1.165, 1.54) is 6.92 Å². The van der Waals surface area contributed by atoms with Crippen molar-refractivity contribution in [2.45, 2.75) is 45.8 Å². The standard InChI is InChI=1S/C16H24O5/c1-4-20-16(19)14-9(2)5-6-11-7-12(21-10(3)17)8-13(18)15(11)14/h5-6,9,11-15,18H,4,7-8H2,1-3H3/t9-,11?,12+,13?,14-,15?/m0/s1. The third-order valence-corrected chi connectivity index (χ3v) is 4.51. The predicted molar refractivity (Wildman–Crippen MR) is 76.2 cm³/mol. The lowest BCUT2D eigenvalue weighted by Crippen LogP contribution is -2.49. The second-order valence-electron chi connectivity index (χ2n) is 6.03. The lowest BCUT2D eigenvalue weighted by atomic mass is 9.63.